The summed E-state index contributed by atoms with van der Waals surface area (Å²) in [6.07, 6.45) is 5.31. The van der Waals surface area contributed by atoms with Gasteiger partial charge in [0.25, 0.3) is 0 Å². The molecule has 5 rings (SSSR count). The summed E-state index contributed by atoms with van der Waals surface area (Å²) < 4.78 is 17.2. The molecular formula is C24H26N2O3. The first-order valence-electron chi connectivity index (χ1n) is 10.2. The molecule has 0 radical (unpaired) electrons. The minimum Gasteiger partial charge on any atom is -0.493 e. The van der Waals surface area contributed by atoms with E-state index in [4.69, 9.17) is 13.9 Å². The first-order valence-corrected chi connectivity index (χ1v) is 10.2. The van der Waals surface area contributed by atoms with E-state index in [0.717, 1.165) is 36.1 Å². The number of ether oxygens (including phenoxy) is 2. The van der Waals surface area contributed by atoms with Gasteiger partial charge in [-0.1, -0.05) is 30.3 Å². The Morgan fingerprint density at radius 1 is 1.07 bits per heavy atom. The highest BCUT2D eigenvalue weighted by Crippen LogP contribution is 2.43. The molecule has 1 aliphatic heterocycles. The van der Waals surface area contributed by atoms with Crippen LogP contribution >= 0.6 is 0 Å². The second-order valence-corrected chi connectivity index (χ2v) is 7.87. The van der Waals surface area contributed by atoms with E-state index in [1.54, 1.807) is 14.2 Å². The molecule has 2 aromatic carbocycles. The molecule has 0 spiro atoms. The summed E-state index contributed by atoms with van der Waals surface area (Å²) in [5.41, 5.74) is 3.82. The molecule has 1 unspecified atom stereocenters. The summed E-state index contributed by atoms with van der Waals surface area (Å²) in [4.78, 5) is 7.01. The van der Waals surface area contributed by atoms with Gasteiger partial charge >= 0.3 is 0 Å². The number of hydrogen-bond acceptors (Lipinski definition) is 5. The van der Waals surface area contributed by atoms with Crippen LogP contribution in [0.1, 0.15) is 53.1 Å². The number of rotatable bonds is 6. The van der Waals surface area contributed by atoms with E-state index in [9.17, 15) is 0 Å². The molecule has 1 fully saturated rings. The quantitative estimate of drug-likeness (QED) is 0.610. The molecule has 2 heterocycles. The zero-order valence-electron chi connectivity index (χ0n) is 16.9. The second kappa shape index (κ2) is 7.56. The summed E-state index contributed by atoms with van der Waals surface area (Å²) in [6, 6.07) is 15.0. The number of nitrogens with zero attached hydrogens (tertiary/aromatic N) is 2. The molecule has 5 heteroatoms. The van der Waals surface area contributed by atoms with Crippen LogP contribution in [0.5, 0.6) is 11.5 Å². The third-order valence-corrected chi connectivity index (χ3v) is 5.98. The highest BCUT2D eigenvalue weighted by molar-refractivity contribution is 5.51. The van der Waals surface area contributed by atoms with Crippen molar-refractivity contribution in [2.75, 3.05) is 20.8 Å². The lowest BCUT2D eigenvalue weighted by atomic mass is 9.87. The maximum Gasteiger partial charge on any atom is 0.208 e. The van der Waals surface area contributed by atoms with E-state index >= 15 is 0 Å². The van der Waals surface area contributed by atoms with Gasteiger partial charge in [-0.05, 0) is 48.1 Å². The van der Waals surface area contributed by atoms with Crippen LogP contribution in [0.25, 0.3) is 0 Å². The fourth-order valence-corrected chi connectivity index (χ4v) is 4.32. The van der Waals surface area contributed by atoms with Crippen LogP contribution in [0.4, 0.5) is 0 Å². The van der Waals surface area contributed by atoms with Crippen molar-refractivity contribution in [1.82, 2.24) is 9.88 Å². The molecule has 29 heavy (non-hydrogen) atoms. The summed E-state index contributed by atoms with van der Waals surface area (Å²) in [5.74, 6) is 3.98. The number of fused-ring (bicyclic) bond motifs is 1. The Hall–Kier alpha value is -2.79. The maximum atomic E-state index is 6.07. The Kier molecular flexibility index (Phi) is 4.76. The van der Waals surface area contributed by atoms with E-state index < -0.39 is 0 Å². The zero-order valence-corrected chi connectivity index (χ0v) is 16.9. The minimum atomic E-state index is 0.121. The van der Waals surface area contributed by atoms with E-state index in [0.29, 0.717) is 12.5 Å². The Morgan fingerprint density at radius 2 is 1.83 bits per heavy atom. The molecule has 150 valence electrons. The monoisotopic (exact) mass is 390 g/mol. The minimum absolute atomic E-state index is 0.121. The van der Waals surface area contributed by atoms with Gasteiger partial charge in [-0.25, -0.2) is 4.98 Å². The summed E-state index contributed by atoms with van der Waals surface area (Å²) in [7, 11) is 3.38. The van der Waals surface area contributed by atoms with Crippen LogP contribution in [-0.4, -0.2) is 30.6 Å². The van der Waals surface area contributed by atoms with E-state index in [-0.39, 0.29) is 6.04 Å². The molecule has 5 nitrogen and oxygen atoms in total. The first kappa shape index (κ1) is 18.3. The molecule has 0 N–H and O–H groups in total. The second-order valence-electron chi connectivity index (χ2n) is 7.87. The standard InChI is InChI=1S/C24H26N2O3/c1-27-20-12-18-10-11-26(15-23-25-14-22(29-23)16-8-9-16)24(17-6-4-3-5-7-17)19(18)13-21(20)28-2/h3-7,12-14,16,24H,8-11,15H2,1-2H3. The van der Waals surface area contributed by atoms with Crippen molar-refractivity contribution >= 4 is 0 Å². The molecular weight excluding hydrogens is 364 g/mol. The highest BCUT2D eigenvalue weighted by Gasteiger charge is 2.32. The Balaban J connectivity index is 1.53. The molecule has 0 saturated heterocycles. The molecule has 1 aromatic heterocycles. The topological polar surface area (TPSA) is 47.7 Å². The Bertz CT molecular complexity index is 995. The van der Waals surface area contributed by atoms with Crippen LogP contribution < -0.4 is 9.47 Å². The summed E-state index contributed by atoms with van der Waals surface area (Å²) in [6.45, 7) is 1.63. The third kappa shape index (κ3) is 3.51. The fourth-order valence-electron chi connectivity index (χ4n) is 4.32. The van der Waals surface area contributed by atoms with Crippen LogP contribution in [-0.2, 0) is 13.0 Å². The van der Waals surface area contributed by atoms with Gasteiger partial charge in [0, 0.05) is 12.5 Å². The van der Waals surface area contributed by atoms with Gasteiger partial charge in [0.15, 0.2) is 11.5 Å². The average Bonchev–Trinajstić information content (AvgIpc) is 3.52. The zero-order chi connectivity index (χ0) is 19.8. The predicted octanol–water partition coefficient (Wildman–Crippen LogP) is 4.72. The van der Waals surface area contributed by atoms with Gasteiger partial charge in [-0.15, -0.1) is 0 Å². The average molecular weight is 390 g/mol. The number of hydrogen-bond donors (Lipinski definition) is 0. The van der Waals surface area contributed by atoms with Crippen LogP contribution in [0.3, 0.4) is 0 Å². The van der Waals surface area contributed by atoms with Crippen molar-refractivity contribution in [3.05, 3.63) is 77.0 Å². The predicted molar refractivity (Wildman–Crippen MR) is 110 cm³/mol. The lowest BCUT2D eigenvalue weighted by molar-refractivity contribution is 0.183. The molecule has 2 aliphatic rings. The van der Waals surface area contributed by atoms with Crippen molar-refractivity contribution in [3.63, 3.8) is 0 Å². The van der Waals surface area contributed by atoms with Crippen molar-refractivity contribution in [2.24, 2.45) is 0 Å². The largest absolute Gasteiger partial charge is 0.493 e. The highest BCUT2D eigenvalue weighted by atomic mass is 16.5. The van der Waals surface area contributed by atoms with E-state index in [2.05, 4.69) is 52.3 Å². The molecule has 1 atom stereocenters. The van der Waals surface area contributed by atoms with Crippen LogP contribution in [0, 0.1) is 0 Å². The van der Waals surface area contributed by atoms with Gasteiger partial charge in [0.2, 0.25) is 5.89 Å². The van der Waals surface area contributed by atoms with Gasteiger partial charge in [-0.3, -0.25) is 4.90 Å². The van der Waals surface area contributed by atoms with E-state index in [1.165, 1.54) is 29.5 Å². The maximum absolute atomic E-state index is 6.07. The lowest BCUT2D eigenvalue weighted by Gasteiger charge is -2.37. The summed E-state index contributed by atoms with van der Waals surface area (Å²) in [5, 5.41) is 0. The van der Waals surface area contributed by atoms with Crippen molar-refractivity contribution < 1.29 is 13.9 Å². The Morgan fingerprint density at radius 3 is 2.55 bits per heavy atom. The van der Waals surface area contributed by atoms with Gasteiger partial charge < -0.3 is 13.9 Å². The number of methoxy groups -OCH3 is 2. The van der Waals surface area contributed by atoms with Crippen molar-refractivity contribution in [3.8, 4) is 11.5 Å². The molecule has 1 saturated carbocycles. The molecule has 3 aromatic rings. The van der Waals surface area contributed by atoms with Crippen LogP contribution in [0.15, 0.2) is 53.1 Å². The number of oxazole rings is 1. The number of benzene rings is 2. The fraction of sp³-hybridized carbons (Fsp3) is 0.375. The smallest absolute Gasteiger partial charge is 0.208 e. The Labute approximate surface area is 171 Å². The molecule has 1 aliphatic carbocycles. The van der Waals surface area contributed by atoms with Crippen LogP contribution in [0.2, 0.25) is 0 Å². The lowest BCUT2D eigenvalue weighted by Crippen LogP contribution is -2.35. The van der Waals surface area contributed by atoms with Gasteiger partial charge in [0.05, 0.1) is 33.0 Å². The van der Waals surface area contributed by atoms with Crippen molar-refractivity contribution in [1.29, 1.82) is 0 Å². The van der Waals surface area contributed by atoms with E-state index in [1.807, 2.05) is 6.20 Å². The number of aromatic nitrogens is 1. The normalized spacial score (nSPS) is 19.0. The van der Waals surface area contributed by atoms with Crippen molar-refractivity contribution in [2.45, 2.75) is 37.8 Å². The summed E-state index contributed by atoms with van der Waals surface area (Å²) >= 11 is 0. The first-order chi connectivity index (χ1) is 14.3. The SMILES string of the molecule is COc1cc2c(cc1OC)C(c1ccccc1)N(Cc1ncc(C3CC3)o1)CC2. The van der Waals surface area contributed by atoms with Gasteiger partial charge in [0.1, 0.15) is 5.76 Å². The third-order valence-electron chi connectivity index (χ3n) is 5.98. The molecule has 0 amide bonds. The van der Waals surface area contributed by atoms with Gasteiger partial charge in [-0.2, -0.15) is 0 Å². The molecule has 0 bridgehead atoms.